The van der Waals surface area contributed by atoms with Gasteiger partial charge in [0.25, 0.3) is 0 Å². The van der Waals surface area contributed by atoms with Crippen LogP contribution in [-0.2, 0) is 11.2 Å². The maximum Gasteiger partial charge on any atom is 0.224 e. The molecule has 2 N–H and O–H groups in total. The monoisotopic (exact) mass is 371 g/mol. The Morgan fingerprint density at radius 3 is 3.00 bits per heavy atom. The first-order chi connectivity index (χ1) is 13.1. The van der Waals surface area contributed by atoms with E-state index >= 15 is 0 Å². The maximum absolute atomic E-state index is 11.5. The number of aliphatic imine (C=N–C) groups is 1. The van der Waals surface area contributed by atoms with Crippen molar-refractivity contribution in [3.05, 3.63) is 35.5 Å². The lowest BCUT2D eigenvalue weighted by molar-refractivity contribution is -0.116. The largest absolute Gasteiger partial charge is 0.494 e. The lowest BCUT2D eigenvalue weighted by Gasteiger charge is -2.17. The molecule has 2 rings (SSSR count). The van der Waals surface area contributed by atoms with Gasteiger partial charge in [0.2, 0.25) is 5.91 Å². The van der Waals surface area contributed by atoms with Crippen LogP contribution in [0.5, 0.6) is 5.75 Å². The van der Waals surface area contributed by atoms with Gasteiger partial charge in [0.15, 0.2) is 0 Å². The molecule has 148 valence electrons. The lowest BCUT2D eigenvalue weighted by Crippen LogP contribution is -2.21. The first-order valence-electron chi connectivity index (χ1n) is 10.1. The quantitative estimate of drug-likeness (QED) is 0.449. The first-order valence-corrected chi connectivity index (χ1v) is 10.1. The minimum Gasteiger partial charge on any atom is -0.494 e. The van der Waals surface area contributed by atoms with Gasteiger partial charge in [-0.2, -0.15) is 0 Å². The summed E-state index contributed by atoms with van der Waals surface area (Å²) in [5.41, 5.74) is 3.43. The number of nitrogens with one attached hydrogen (secondary N) is 2. The summed E-state index contributed by atoms with van der Waals surface area (Å²) in [5.74, 6) is 1.46. The summed E-state index contributed by atoms with van der Waals surface area (Å²) >= 11 is 0. The van der Waals surface area contributed by atoms with Crippen LogP contribution in [0.4, 0.5) is 5.69 Å². The maximum atomic E-state index is 11.5. The van der Waals surface area contributed by atoms with Crippen LogP contribution in [0.25, 0.3) is 0 Å². The number of hydrogen-bond donors (Lipinski definition) is 2. The van der Waals surface area contributed by atoms with Gasteiger partial charge < -0.3 is 15.4 Å². The van der Waals surface area contributed by atoms with Crippen molar-refractivity contribution < 1.29 is 9.53 Å². The molecular weight excluding hydrogens is 338 g/mol. The molecule has 1 amide bonds. The molecule has 0 spiro atoms. The molecule has 1 aromatic carbocycles. The molecule has 1 aliphatic heterocycles. The average Bonchev–Trinajstić information content (AvgIpc) is 2.68. The normalized spacial score (nSPS) is 15.5. The summed E-state index contributed by atoms with van der Waals surface area (Å²) < 4.78 is 5.83. The zero-order chi connectivity index (χ0) is 19.5. The first kappa shape index (κ1) is 21.2. The second-order valence-electron chi connectivity index (χ2n) is 7.02. The van der Waals surface area contributed by atoms with E-state index in [9.17, 15) is 4.79 Å². The number of ether oxygens (including phenoxy) is 1. The number of amides is 1. The highest BCUT2D eigenvalue weighted by Crippen LogP contribution is 2.27. The molecule has 0 bridgehead atoms. The van der Waals surface area contributed by atoms with Crippen LogP contribution in [0.1, 0.15) is 52.0 Å². The Morgan fingerprint density at radius 1 is 1.37 bits per heavy atom. The second-order valence-corrected chi connectivity index (χ2v) is 7.02. The molecule has 0 unspecified atom stereocenters. The van der Waals surface area contributed by atoms with Crippen molar-refractivity contribution in [3.8, 4) is 5.75 Å². The zero-order valence-corrected chi connectivity index (χ0v) is 16.9. The second kappa shape index (κ2) is 11.5. The molecule has 1 aromatic rings. The Labute approximate surface area is 163 Å². The molecule has 1 aliphatic rings. The van der Waals surface area contributed by atoms with Crippen molar-refractivity contribution in [2.75, 3.05) is 25.0 Å². The molecule has 0 saturated carbocycles. The van der Waals surface area contributed by atoms with Crippen LogP contribution in [0.2, 0.25) is 0 Å². The third kappa shape index (κ3) is 7.18. The highest BCUT2D eigenvalue weighted by Gasteiger charge is 2.14. The van der Waals surface area contributed by atoms with Crippen molar-refractivity contribution in [1.29, 1.82) is 0 Å². The van der Waals surface area contributed by atoms with Crippen LogP contribution < -0.4 is 15.4 Å². The molecule has 5 heteroatoms. The standard InChI is InChI=1S/C22H33N3O2/c1-4-17(3)19(15-23-5-2)16-24-12-6-7-13-27-20-10-8-18-9-11-22(26)25-21(18)14-20/h5,8,10,14-15,17,24H,4,6-7,9,11-13,16H2,1-3H3,(H,25,26)/b19-15-,23-5?/t17-/m1/s1. The minimum atomic E-state index is 0.0844. The van der Waals surface area contributed by atoms with Crippen LogP contribution in [0.3, 0.4) is 0 Å². The van der Waals surface area contributed by atoms with Gasteiger partial charge in [-0.15, -0.1) is 0 Å². The van der Waals surface area contributed by atoms with Crippen LogP contribution in [0, 0.1) is 5.92 Å². The Kier molecular flexibility index (Phi) is 9.05. The number of unbranched alkanes of at least 4 members (excludes halogenated alkanes) is 1. The summed E-state index contributed by atoms with van der Waals surface area (Å²) in [6.45, 7) is 8.92. The van der Waals surface area contributed by atoms with Gasteiger partial charge in [-0.3, -0.25) is 9.79 Å². The molecule has 0 aliphatic carbocycles. The molecule has 0 aromatic heterocycles. The fraction of sp³-hybridized carbons (Fsp3) is 0.545. The van der Waals surface area contributed by atoms with E-state index in [4.69, 9.17) is 4.74 Å². The smallest absolute Gasteiger partial charge is 0.224 e. The fourth-order valence-electron chi connectivity index (χ4n) is 3.00. The van der Waals surface area contributed by atoms with E-state index in [1.165, 1.54) is 11.1 Å². The number of carbonyl (C=O) groups excluding carboxylic acids is 1. The number of fused-ring (bicyclic) bond motifs is 1. The number of nitrogens with zero attached hydrogens (tertiary/aromatic N) is 1. The molecule has 1 heterocycles. The van der Waals surface area contributed by atoms with E-state index in [2.05, 4.69) is 29.5 Å². The van der Waals surface area contributed by atoms with Crippen molar-refractivity contribution in [2.24, 2.45) is 10.9 Å². The summed E-state index contributed by atoms with van der Waals surface area (Å²) in [5, 5.41) is 6.42. The number of benzene rings is 1. The predicted octanol–water partition coefficient (Wildman–Crippen LogP) is 4.34. The molecular formula is C22H33N3O2. The molecule has 1 atom stereocenters. The average molecular weight is 372 g/mol. The number of aryl methyl sites for hydroxylation is 1. The summed E-state index contributed by atoms with van der Waals surface area (Å²) in [6, 6.07) is 5.97. The lowest BCUT2D eigenvalue weighted by atomic mass is 9.99. The van der Waals surface area contributed by atoms with Gasteiger partial charge in [-0.25, -0.2) is 0 Å². The summed E-state index contributed by atoms with van der Waals surface area (Å²) in [6.07, 6.45) is 8.37. The number of rotatable bonds is 11. The topological polar surface area (TPSA) is 62.7 Å². The van der Waals surface area contributed by atoms with E-state index < -0.39 is 0 Å². The fourth-order valence-corrected chi connectivity index (χ4v) is 3.00. The molecule has 0 radical (unpaired) electrons. The predicted molar refractivity (Wildman–Crippen MR) is 113 cm³/mol. The molecule has 27 heavy (non-hydrogen) atoms. The van der Waals surface area contributed by atoms with Gasteiger partial charge in [0.1, 0.15) is 5.75 Å². The Bertz CT molecular complexity index is 668. The molecule has 0 fully saturated rings. The third-order valence-corrected chi connectivity index (χ3v) is 4.96. The molecule has 0 saturated heterocycles. The highest BCUT2D eigenvalue weighted by molar-refractivity contribution is 5.94. The van der Waals surface area contributed by atoms with Crippen LogP contribution in [-0.4, -0.2) is 31.8 Å². The van der Waals surface area contributed by atoms with Gasteiger partial charge in [-0.05, 0) is 62.3 Å². The highest BCUT2D eigenvalue weighted by atomic mass is 16.5. The van der Waals surface area contributed by atoms with Crippen molar-refractivity contribution in [2.45, 2.75) is 52.9 Å². The van der Waals surface area contributed by atoms with Crippen LogP contribution >= 0.6 is 0 Å². The Hall–Kier alpha value is -2.14. The van der Waals surface area contributed by atoms with E-state index in [1.807, 2.05) is 37.5 Å². The van der Waals surface area contributed by atoms with Gasteiger partial charge in [0.05, 0.1) is 6.61 Å². The van der Waals surface area contributed by atoms with Gasteiger partial charge in [-0.1, -0.05) is 19.9 Å². The summed E-state index contributed by atoms with van der Waals surface area (Å²) in [7, 11) is 0. The van der Waals surface area contributed by atoms with E-state index in [-0.39, 0.29) is 5.91 Å². The van der Waals surface area contributed by atoms with Gasteiger partial charge >= 0.3 is 0 Å². The SMILES string of the molecule is CC=N/C=C(/CNCCCCOc1ccc2c(c1)NC(=O)CC2)[C@H](C)CC. The van der Waals surface area contributed by atoms with Gasteiger partial charge in [0, 0.05) is 37.1 Å². The van der Waals surface area contributed by atoms with Crippen molar-refractivity contribution in [1.82, 2.24) is 5.32 Å². The molecule has 5 nitrogen and oxygen atoms in total. The van der Waals surface area contributed by atoms with Crippen molar-refractivity contribution >= 4 is 17.8 Å². The third-order valence-electron chi connectivity index (χ3n) is 4.96. The van der Waals surface area contributed by atoms with E-state index in [0.29, 0.717) is 18.9 Å². The minimum absolute atomic E-state index is 0.0844. The Balaban J connectivity index is 1.64. The number of carbonyl (C=O) groups is 1. The summed E-state index contributed by atoms with van der Waals surface area (Å²) in [4.78, 5) is 15.8. The van der Waals surface area contributed by atoms with Crippen LogP contribution in [0.15, 0.2) is 35.0 Å². The van der Waals surface area contributed by atoms with E-state index in [1.54, 1.807) is 0 Å². The van der Waals surface area contributed by atoms with E-state index in [0.717, 1.165) is 50.2 Å². The van der Waals surface area contributed by atoms with Crippen molar-refractivity contribution in [3.63, 3.8) is 0 Å². The number of hydrogen-bond acceptors (Lipinski definition) is 4. The zero-order valence-electron chi connectivity index (χ0n) is 16.9. The Morgan fingerprint density at radius 2 is 2.22 bits per heavy atom. The number of anilines is 1.